The summed E-state index contributed by atoms with van der Waals surface area (Å²) in [6.45, 7) is 2.97. The number of nitrogens with two attached hydrogens (primary N) is 1. The number of benzene rings is 1. The van der Waals surface area contributed by atoms with Crippen molar-refractivity contribution in [3.63, 3.8) is 0 Å². The van der Waals surface area contributed by atoms with Crippen molar-refractivity contribution in [2.75, 3.05) is 6.54 Å². The summed E-state index contributed by atoms with van der Waals surface area (Å²) in [7, 11) is 0. The molecule has 118 valence electrons. The fourth-order valence-electron chi connectivity index (χ4n) is 2.86. The van der Waals surface area contributed by atoms with Crippen molar-refractivity contribution >= 4 is 0 Å². The van der Waals surface area contributed by atoms with Gasteiger partial charge in [0.1, 0.15) is 0 Å². The molecule has 0 aliphatic heterocycles. The van der Waals surface area contributed by atoms with Crippen molar-refractivity contribution in [1.82, 2.24) is 4.90 Å². The van der Waals surface area contributed by atoms with Crippen LogP contribution in [0.1, 0.15) is 43.4 Å². The van der Waals surface area contributed by atoms with Gasteiger partial charge in [-0.25, -0.2) is 0 Å². The van der Waals surface area contributed by atoms with Gasteiger partial charge in [-0.15, -0.1) is 0 Å². The summed E-state index contributed by atoms with van der Waals surface area (Å²) in [5, 5.41) is 0. The predicted molar refractivity (Wildman–Crippen MR) is 78.0 cm³/mol. The van der Waals surface area contributed by atoms with Gasteiger partial charge in [0.2, 0.25) is 0 Å². The highest BCUT2D eigenvalue weighted by molar-refractivity contribution is 5.30. The van der Waals surface area contributed by atoms with Crippen LogP contribution in [0.2, 0.25) is 0 Å². The molecular formula is C16H23F3N2. The van der Waals surface area contributed by atoms with Gasteiger partial charge in [0, 0.05) is 12.1 Å². The highest BCUT2D eigenvalue weighted by atomic mass is 19.4. The van der Waals surface area contributed by atoms with Gasteiger partial charge >= 0.3 is 6.18 Å². The van der Waals surface area contributed by atoms with Crippen molar-refractivity contribution in [3.05, 3.63) is 35.4 Å². The summed E-state index contributed by atoms with van der Waals surface area (Å²) in [6, 6.07) is 6.95. The molecule has 1 aliphatic rings. The molecule has 1 saturated carbocycles. The van der Waals surface area contributed by atoms with Gasteiger partial charge in [0.25, 0.3) is 0 Å². The zero-order chi connectivity index (χ0) is 15.6. The van der Waals surface area contributed by atoms with E-state index in [0.29, 0.717) is 6.42 Å². The van der Waals surface area contributed by atoms with E-state index in [0.717, 1.165) is 24.0 Å². The zero-order valence-corrected chi connectivity index (χ0v) is 12.5. The van der Waals surface area contributed by atoms with E-state index in [-0.39, 0.29) is 18.1 Å². The second-order valence-electron chi connectivity index (χ2n) is 5.89. The quantitative estimate of drug-likeness (QED) is 0.866. The Morgan fingerprint density at radius 1 is 1.29 bits per heavy atom. The number of halogens is 3. The summed E-state index contributed by atoms with van der Waals surface area (Å²) in [5.41, 5.74) is 8.11. The molecule has 0 spiro atoms. The molecular weight excluding hydrogens is 277 g/mol. The standard InChI is InChI=1S/C16H23F3N2/c1-3-14(20)15(13-7-5-4-6-11(13)2)21(12-8-9-12)10-16(17,18)19/h4-7,12,14-15H,3,8-10,20H2,1-2H3. The van der Waals surface area contributed by atoms with Crippen LogP contribution < -0.4 is 5.73 Å². The van der Waals surface area contributed by atoms with Gasteiger partial charge in [-0.3, -0.25) is 4.90 Å². The Hall–Kier alpha value is -1.07. The van der Waals surface area contributed by atoms with Crippen molar-refractivity contribution in [2.24, 2.45) is 5.73 Å². The lowest BCUT2D eigenvalue weighted by Crippen LogP contribution is -2.46. The zero-order valence-electron chi connectivity index (χ0n) is 12.5. The first-order valence-corrected chi connectivity index (χ1v) is 7.47. The first-order valence-electron chi connectivity index (χ1n) is 7.47. The molecule has 0 heterocycles. The third kappa shape index (κ3) is 4.20. The molecule has 2 atom stereocenters. The molecule has 1 fully saturated rings. The molecule has 0 radical (unpaired) electrons. The number of nitrogens with zero attached hydrogens (tertiary/aromatic N) is 1. The molecule has 5 heteroatoms. The average Bonchev–Trinajstić information content (AvgIpc) is 3.22. The van der Waals surface area contributed by atoms with E-state index in [1.165, 1.54) is 0 Å². The predicted octanol–water partition coefficient (Wildman–Crippen LogP) is 3.80. The van der Waals surface area contributed by atoms with Crippen molar-refractivity contribution < 1.29 is 13.2 Å². The van der Waals surface area contributed by atoms with Crippen molar-refractivity contribution in [2.45, 2.75) is 57.4 Å². The van der Waals surface area contributed by atoms with E-state index in [2.05, 4.69) is 0 Å². The van der Waals surface area contributed by atoms with Gasteiger partial charge in [-0.2, -0.15) is 13.2 Å². The van der Waals surface area contributed by atoms with Crippen LogP contribution in [0.3, 0.4) is 0 Å². The SMILES string of the molecule is CCC(N)C(c1ccccc1C)N(CC(F)(F)F)C1CC1. The van der Waals surface area contributed by atoms with Crippen LogP contribution in [0.25, 0.3) is 0 Å². The van der Waals surface area contributed by atoms with Gasteiger partial charge in [0.05, 0.1) is 12.6 Å². The van der Waals surface area contributed by atoms with Gasteiger partial charge in [0.15, 0.2) is 0 Å². The highest BCUT2D eigenvalue weighted by Crippen LogP contribution is 2.39. The number of rotatable bonds is 6. The lowest BCUT2D eigenvalue weighted by molar-refractivity contribution is -0.153. The van der Waals surface area contributed by atoms with Crippen LogP contribution in [0.4, 0.5) is 13.2 Å². The van der Waals surface area contributed by atoms with E-state index < -0.39 is 12.7 Å². The van der Waals surface area contributed by atoms with Crippen molar-refractivity contribution in [1.29, 1.82) is 0 Å². The van der Waals surface area contributed by atoms with Crippen LogP contribution in [0, 0.1) is 6.92 Å². The number of alkyl halides is 3. The summed E-state index contributed by atoms with van der Waals surface area (Å²) in [5.74, 6) is 0. The maximum Gasteiger partial charge on any atom is 0.401 e. The normalized spacial score (nSPS) is 18.8. The van der Waals surface area contributed by atoms with Gasteiger partial charge < -0.3 is 5.73 Å². The Bertz CT molecular complexity index is 469. The Balaban J connectivity index is 2.35. The second-order valence-corrected chi connectivity index (χ2v) is 5.89. The molecule has 0 aromatic heterocycles. The van der Waals surface area contributed by atoms with Gasteiger partial charge in [-0.05, 0) is 37.3 Å². The molecule has 0 saturated heterocycles. The first-order chi connectivity index (χ1) is 9.83. The summed E-state index contributed by atoms with van der Waals surface area (Å²) in [6.07, 6.45) is -1.89. The molecule has 1 aliphatic carbocycles. The van der Waals surface area contributed by atoms with Crippen LogP contribution in [-0.2, 0) is 0 Å². The minimum absolute atomic E-state index is 0.00818. The van der Waals surface area contributed by atoms with E-state index >= 15 is 0 Å². The highest BCUT2D eigenvalue weighted by Gasteiger charge is 2.43. The monoisotopic (exact) mass is 300 g/mol. The topological polar surface area (TPSA) is 29.3 Å². The lowest BCUT2D eigenvalue weighted by atomic mass is 9.92. The maximum atomic E-state index is 13.0. The summed E-state index contributed by atoms with van der Waals surface area (Å²) < 4.78 is 38.9. The Labute approximate surface area is 124 Å². The third-order valence-corrected chi connectivity index (χ3v) is 4.12. The van der Waals surface area contributed by atoms with Crippen LogP contribution in [0.5, 0.6) is 0 Å². The lowest BCUT2D eigenvalue weighted by Gasteiger charge is -2.37. The molecule has 1 aromatic carbocycles. The van der Waals surface area contributed by atoms with E-state index in [1.807, 2.05) is 38.1 Å². The van der Waals surface area contributed by atoms with Crippen LogP contribution in [-0.4, -0.2) is 29.7 Å². The average molecular weight is 300 g/mol. The summed E-state index contributed by atoms with van der Waals surface area (Å²) >= 11 is 0. The molecule has 2 rings (SSSR count). The van der Waals surface area contributed by atoms with E-state index in [4.69, 9.17) is 5.73 Å². The fraction of sp³-hybridized carbons (Fsp3) is 0.625. The molecule has 2 N–H and O–H groups in total. The Kier molecular flexibility index (Phi) is 4.94. The minimum Gasteiger partial charge on any atom is -0.326 e. The molecule has 21 heavy (non-hydrogen) atoms. The summed E-state index contributed by atoms with van der Waals surface area (Å²) in [4.78, 5) is 1.57. The fourth-order valence-corrected chi connectivity index (χ4v) is 2.86. The van der Waals surface area contributed by atoms with Gasteiger partial charge in [-0.1, -0.05) is 31.2 Å². The Morgan fingerprint density at radius 2 is 1.90 bits per heavy atom. The van der Waals surface area contributed by atoms with Crippen molar-refractivity contribution in [3.8, 4) is 0 Å². The number of hydrogen-bond donors (Lipinski definition) is 1. The minimum atomic E-state index is -4.20. The third-order valence-electron chi connectivity index (χ3n) is 4.12. The largest absolute Gasteiger partial charge is 0.401 e. The van der Waals surface area contributed by atoms with Crippen LogP contribution >= 0.6 is 0 Å². The second kappa shape index (κ2) is 6.36. The molecule has 0 bridgehead atoms. The first kappa shape index (κ1) is 16.3. The molecule has 2 nitrogen and oxygen atoms in total. The number of aryl methyl sites for hydroxylation is 1. The van der Waals surface area contributed by atoms with E-state index in [1.54, 1.807) is 4.90 Å². The van der Waals surface area contributed by atoms with Crippen LogP contribution in [0.15, 0.2) is 24.3 Å². The maximum absolute atomic E-state index is 13.0. The smallest absolute Gasteiger partial charge is 0.326 e. The Morgan fingerprint density at radius 3 is 2.38 bits per heavy atom. The number of hydrogen-bond acceptors (Lipinski definition) is 2. The molecule has 0 amide bonds. The molecule has 1 aromatic rings. The molecule has 2 unspecified atom stereocenters. The van der Waals surface area contributed by atoms with E-state index in [9.17, 15) is 13.2 Å².